The lowest BCUT2D eigenvalue weighted by atomic mass is 10.0. The van der Waals surface area contributed by atoms with E-state index in [4.69, 9.17) is 4.52 Å². The van der Waals surface area contributed by atoms with Gasteiger partial charge in [0.05, 0.1) is 28.4 Å². The van der Waals surface area contributed by atoms with E-state index in [0.29, 0.717) is 28.1 Å². The summed E-state index contributed by atoms with van der Waals surface area (Å²) in [4.78, 5) is 17.8. The fraction of sp³-hybridized carbons (Fsp3) is 0.174. The maximum Gasteiger partial charge on any atom is 0.259 e. The number of amides is 1. The van der Waals surface area contributed by atoms with Crippen LogP contribution in [0.5, 0.6) is 0 Å². The second-order valence-corrected chi connectivity index (χ2v) is 7.13. The number of benzene rings is 2. The summed E-state index contributed by atoms with van der Waals surface area (Å²) in [7, 11) is 0. The average Bonchev–Trinajstić information content (AvgIpc) is 3.32. The highest BCUT2D eigenvalue weighted by Gasteiger charge is 2.26. The van der Waals surface area contributed by atoms with Crippen molar-refractivity contribution >= 4 is 17.0 Å². The summed E-state index contributed by atoms with van der Waals surface area (Å²) in [5.41, 5.74) is 5.73. The molecule has 5 nitrogen and oxygen atoms in total. The summed E-state index contributed by atoms with van der Waals surface area (Å²) in [6.07, 6.45) is 1.89. The molecule has 0 spiro atoms. The lowest BCUT2D eigenvalue weighted by molar-refractivity contribution is 0.0938. The number of hydrogen-bond acceptors (Lipinski definition) is 4. The quantitative estimate of drug-likeness (QED) is 0.572. The number of fused-ring (bicyclic) bond motifs is 2. The molecule has 2 heterocycles. The number of pyridine rings is 1. The third kappa shape index (κ3) is 2.76. The van der Waals surface area contributed by atoms with Gasteiger partial charge in [-0.05, 0) is 37.0 Å². The minimum atomic E-state index is -0.127. The van der Waals surface area contributed by atoms with E-state index in [1.54, 1.807) is 0 Å². The van der Waals surface area contributed by atoms with Gasteiger partial charge in [-0.1, -0.05) is 59.8 Å². The van der Waals surface area contributed by atoms with Gasteiger partial charge < -0.3 is 9.84 Å². The fourth-order valence-corrected chi connectivity index (χ4v) is 3.97. The molecule has 0 unspecified atom stereocenters. The van der Waals surface area contributed by atoms with E-state index in [1.165, 1.54) is 11.1 Å². The Balaban J connectivity index is 1.56. The van der Waals surface area contributed by atoms with E-state index in [-0.39, 0.29) is 11.9 Å². The Morgan fingerprint density at radius 1 is 1.11 bits per heavy atom. The van der Waals surface area contributed by atoms with E-state index in [0.717, 1.165) is 18.4 Å². The molecule has 0 saturated carbocycles. The molecule has 2 aromatic carbocycles. The summed E-state index contributed by atoms with van der Waals surface area (Å²) in [6, 6.07) is 19.9. The van der Waals surface area contributed by atoms with Gasteiger partial charge in [0.2, 0.25) is 0 Å². The zero-order valence-electron chi connectivity index (χ0n) is 15.5. The van der Waals surface area contributed by atoms with Crippen LogP contribution in [0.1, 0.15) is 39.6 Å². The van der Waals surface area contributed by atoms with Gasteiger partial charge in [-0.3, -0.25) is 4.79 Å². The van der Waals surface area contributed by atoms with Crippen molar-refractivity contribution < 1.29 is 9.32 Å². The van der Waals surface area contributed by atoms with Gasteiger partial charge in [0.25, 0.3) is 11.6 Å². The van der Waals surface area contributed by atoms with Crippen molar-refractivity contribution in [1.82, 2.24) is 15.5 Å². The van der Waals surface area contributed by atoms with Crippen molar-refractivity contribution in [1.29, 1.82) is 0 Å². The largest absolute Gasteiger partial charge is 0.345 e. The summed E-state index contributed by atoms with van der Waals surface area (Å²) < 4.78 is 5.39. The SMILES string of the molecule is Cc1noc2nc(-c3ccccc3)cc(C(=O)N[C@@H]3CCc4ccccc43)c12. The molecule has 1 atom stereocenters. The van der Waals surface area contributed by atoms with Gasteiger partial charge >= 0.3 is 0 Å². The maximum atomic E-state index is 13.2. The second-order valence-electron chi connectivity index (χ2n) is 7.13. The Labute approximate surface area is 162 Å². The second kappa shape index (κ2) is 6.60. The van der Waals surface area contributed by atoms with Crippen molar-refractivity contribution in [2.75, 3.05) is 0 Å². The predicted octanol–water partition coefficient (Wildman–Crippen LogP) is 4.62. The molecular formula is C23H19N3O2. The van der Waals surface area contributed by atoms with Crippen LogP contribution in [0.4, 0.5) is 0 Å². The number of nitrogens with zero attached hydrogens (tertiary/aromatic N) is 2. The number of hydrogen-bond donors (Lipinski definition) is 1. The molecule has 5 rings (SSSR count). The predicted molar refractivity (Wildman–Crippen MR) is 107 cm³/mol. The van der Waals surface area contributed by atoms with Gasteiger partial charge in [0.15, 0.2) is 0 Å². The normalized spacial score (nSPS) is 15.5. The highest BCUT2D eigenvalue weighted by Crippen LogP contribution is 2.32. The van der Waals surface area contributed by atoms with Crippen LogP contribution >= 0.6 is 0 Å². The van der Waals surface area contributed by atoms with E-state index in [9.17, 15) is 4.79 Å². The maximum absolute atomic E-state index is 13.2. The van der Waals surface area contributed by atoms with Crippen LogP contribution in [0, 0.1) is 6.92 Å². The molecule has 0 bridgehead atoms. The molecule has 5 heteroatoms. The van der Waals surface area contributed by atoms with Crippen LogP contribution in [0.3, 0.4) is 0 Å². The van der Waals surface area contributed by atoms with Crippen molar-refractivity contribution in [2.24, 2.45) is 0 Å². The molecule has 1 aliphatic rings. The zero-order valence-corrected chi connectivity index (χ0v) is 15.5. The summed E-state index contributed by atoms with van der Waals surface area (Å²) in [5.74, 6) is -0.127. The Kier molecular flexibility index (Phi) is 3.93. The number of nitrogens with one attached hydrogen (secondary N) is 1. The summed E-state index contributed by atoms with van der Waals surface area (Å²) >= 11 is 0. The first kappa shape index (κ1) is 16.7. The highest BCUT2D eigenvalue weighted by molar-refractivity contribution is 6.07. The molecule has 0 radical (unpaired) electrons. The molecular weight excluding hydrogens is 350 g/mol. The molecule has 1 amide bonds. The van der Waals surface area contributed by atoms with Gasteiger partial charge in [0.1, 0.15) is 0 Å². The lowest BCUT2D eigenvalue weighted by Crippen LogP contribution is -2.27. The minimum Gasteiger partial charge on any atom is -0.345 e. The number of aromatic nitrogens is 2. The number of carbonyl (C=O) groups is 1. The molecule has 0 fully saturated rings. The van der Waals surface area contributed by atoms with E-state index in [1.807, 2.05) is 55.5 Å². The molecule has 4 aromatic rings. The van der Waals surface area contributed by atoms with Gasteiger partial charge in [-0.2, -0.15) is 0 Å². The minimum absolute atomic E-state index is 0.0206. The molecule has 0 aliphatic heterocycles. The van der Waals surface area contributed by atoms with E-state index >= 15 is 0 Å². The van der Waals surface area contributed by atoms with Crippen LogP contribution in [0.25, 0.3) is 22.4 Å². The zero-order chi connectivity index (χ0) is 19.1. The highest BCUT2D eigenvalue weighted by atomic mass is 16.5. The molecule has 1 aliphatic carbocycles. The third-order valence-electron chi connectivity index (χ3n) is 5.37. The summed E-state index contributed by atoms with van der Waals surface area (Å²) in [5, 5.41) is 7.90. The standard InChI is InChI=1S/C23H19N3O2/c1-14-21-18(22(27)24-19-12-11-15-7-5-6-10-17(15)19)13-20(25-23(21)28-26-14)16-8-3-2-4-9-16/h2-10,13,19H,11-12H2,1H3,(H,24,27)/t19-/m1/s1. The molecule has 0 saturated heterocycles. The first-order chi connectivity index (χ1) is 13.7. The number of rotatable bonds is 3. The first-order valence-corrected chi connectivity index (χ1v) is 9.42. The van der Waals surface area contributed by atoms with Gasteiger partial charge in [0, 0.05) is 5.56 Å². The first-order valence-electron chi connectivity index (χ1n) is 9.42. The molecule has 28 heavy (non-hydrogen) atoms. The van der Waals surface area contributed by atoms with Crippen molar-refractivity contribution in [3.8, 4) is 11.3 Å². The monoisotopic (exact) mass is 369 g/mol. The lowest BCUT2D eigenvalue weighted by Gasteiger charge is -2.15. The van der Waals surface area contributed by atoms with Crippen molar-refractivity contribution in [3.05, 3.63) is 83.0 Å². The number of aryl methyl sites for hydroxylation is 2. The Morgan fingerprint density at radius 3 is 2.75 bits per heavy atom. The van der Waals surface area contributed by atoms with Crippen molar-refractivity contribution in [3.63, 3.8) is 0 Å². The van der Waals surface area contributed by atoms with E-state index in [2.05, 4.69) is 27.6 Å². The fourth-order valence-electron chi connectivity index (χ4n) is 3.97. The van der Waals surface area contributed by atoms with Crippen LogP contribution in [-0.2, 0) is 6.42 Å². The van der Waals surface area contributed by atoms with Crippen LogP contribution in [0.15, 0.2) is 65.2 Å². The summed E-state index contributed by atoms with van der Waals surface area (Å²) in [6.45, 7) is 1.83. The smallest absolute Gasteiger partial charge is 0.259 e. The van der Waals surface area contributed by atoms with Crippen molar-refractivity contribution in [2.45, 2.75) is 25.8 Å². The molecule has 1 N–H and O–H groups in total. The Morgan fingerprint density at radius 2 is 1.89 bits per heavy atom. The van der Waals surface area contributed by atoms with Gasteiger partial charge in [-0.15, -0.1) is 0 Å². The average molecular weight is 369 g/mol. The van der Waals surface area contributed by atoms with Gasteiger partial charge in [-0.25, -0.2) is 4.98 Å². The van der Waals surface area contributed by atoms with Crippen LogP contribution < -0.4 is 5.32 Å². The van der Waals surface area contributed by atoms with Crippen LogP contribution in [0.2, 0.25) is 0 Å². The third-order valence-corrected chi connectivity index (χ3v) is 5.37. The van der Waals surface area contributed by atoms with Crippen LogP contribution in [-0.4, -0.2) is 16.0 Å². The Hall–Kier alpha value is -3.47. The number of carbonyl (C=O) groups excluding carboxylic acids is 1. The topological polar surface area (TPSA) is 68.0 Å². The van der Waals surface area contributed by atoms with E-state index < -0.39 is 0 Å². The Bertz CT molecular complexity index is 1180. The molecule has 138 valence electrons. The molecule has 2 aromatic heterocycles.